The second kappa shape index (κ2) is 6.43. The third kappa shape index (κ3) is 3.00. The van der Waals surface area contributed by atoms with Gasteiger partial charge in [0.2, 0.25) is 0 Å². The van der Waals surface area contributed by atoms with E-state index in [0.29, 0.717) is 11.4 Å². The smallest absolute Gasteiger partial charge is 0.251 e. The van der Waals surface area contributed by atoms with Crippen molar-refractivity contribution in [2.45, 2.75) is 25.8 Å². The topological polar surface area (TPSA) is 76.8 Å². The average molecular weight is 334 g/mol. The van der Waals surface area contributed by atoms with Gasteiger partial charge in [-0.1, -0.05) is 17.3 Å². The first-order chi connectivity index (χ1) is 12.2. The molecule has 3 aromatic rings. The molecular weight excluding hydrogens is 316 g/mol. The highest BCUT2D eigenvalue weighted by Gasteiger charge is 2.32. The van der Waals surface area contributed by atoms with E-state index in [1.165, 1.54) is 0 Å². The number of anilines is 1. The maximum absolute atomic E-state index is 13.0. The van der Waals surface area contributed by atoms with E-state index in [4.69, 9.17) is 0 Å². The van der Waals surface area contributed by atoms with Gasteiger partial charge in [-0.3, -0.25) is 14.8 Å². The standard InChI is InChI=1S/C18H18N6O/c1-13-4-2-5-14(10-13)23-9-3-6-17(18(23)25)24-12-16(21-22-24)15-11-19-7-8-20-15/h2,4-5,7-8,10-12,17H,3,6,9H2,1H3. The van der Waals surface area contributed by atoms with Crippen molar-refractivity contribution in [2.24, 2.45) is 0 Å². The molecule has 1 aromatic carbocycles. The van der Waals surface area contributed by atoms with Crippen molar-refractivity contribution in [3.8, 4) is 11.4 Å². The first kappa shape index (κ1) is 15.4. The number of nitrogens with zero attached hydrogens (tertiary/aromatic N) is 6. The number of rotatable bonds is 3. The van der Waals surface area contributed by atoms with Gasteiger partial charge < -0.3 is 4.90 Å². The first-order valence-corrected chi connectivity index (χ1v) is 8.28. The Morgan fingerprint density at radius 1 is 1.20 bits per heavy atom. The molecule has 0 spiro atoms. The lowest BCUT2D eigenvalue weighted by molar-refractivity contribution is -0.123. The van der Waals surface area contributed by atoms with Crippen molar-refractivity contribution in [1.82, 2.24) is 25.0 Å². The summed E-state index contributed by atoms with van der Waals surface area (Å²) < 4.78 is 1.65. The van der Waals surface area contributed by atoms with Crippen LogP contribution in [0, 0.1) is 6.92 Å². The Morgan fingerprint density at radius 2 is 2.12 bits per heavy atom. The van der Waals surface area contributed by atoms with Crippen LogP contribution in [0.15, 0.2) is 49.1 Å². The molecule has 0 bridgehead atoms. The lowest BCUT2D eigenvalue weighted by Gasteiger charge is -2.32. The lowest BCUT2D eigenvalue weighted by atomic mass is 10.0. The molecule has 1 unspecified atom stereocenters. The maximum atomic E-state index is 13.0. The van der Waals surface area contributed by atoms with E-state index in [-0.39, 0.29) is 11.9 Å². The van der Waals surface area contributed by atoms with Crippen molar-refractivity contribution >= 4 is 11.6 Å². The van der Waals surface area contributed by atoms with Crippen molar-refractivity contribution in [3.63, 3.8) is 0 Å². The molecule has 126 valence electrons. The van der Waals surface area contributed by atoms with Crippen LogP contribution >= 0.6 is 0 Å². The quantitative estimate of drug-likeness (QED) is 0.735. The van der Waals surface area contributed by atoms with Crippen molar-refractivity contribution in [1.29, 1.82) is 0 Å². The Morgan fingerprint density at radius 3 is 2.92 bits per heavy atom. The summed E-state index contributed by atoms with van der Waals surface area (Å²) in [6, 6.07) is 7.67. The molecular formula is C18H18N6O. The predicted molar refractivity (Wildman–Crippen MR) is 92.9 cm³/mol. The van der Waals surface area contributed by atoms with Gasteiger partial charge in [0.05, 0.1) is 12.4 Å². The normalized spacial score (nSPS) is 17.7. The third-order valence-corrected chi connectivity index (χ3v) is 4.38. The fourth-order valence-electron chi connectivity index (χ4n) is 3.13. The van der Waals surface area contributed by atoms with Gasteiger partial charge in [0, 0.05) is 24.6 Å². The Kier molecular flexibility index (Phi) is 3.97. The van der Waals surface area contributed by atoms with Crippen LogP contribution in [-0.2, 0) is 4.79 Å². The second-order valence-electron chi connectivity index (χ2n) is 6.16. The third-order valence-electron chi connectivity index (χ3n) is 4.38. The number of aromatic nitrogens is 5. The summed E-state index contributed by atoms with van der Waals surface area (Å²) in [4.78, 5) is 23.1. The highest BCUT2D eigenvalue weighted by atomic mass is 16.2. The molecule has 0 aliphatic carbocycles. The van der Waals surface area contributed by atoms with E-state index < -0.39 is 0 Å². The molecule has 25 heavy (non-hydrogen) atoms. The Bertz CT molecular complexity index is 891. The largest absolute Gasteiger partial charge is 0.311 e. The number of piperidine rings is 1. The minimum atomic E-state index is -0.341. The van der Waals surface area contributed by atoms with E-state index in [9.17, 15) is 4.79 Å². The van der Waals surface area contributed by atoms with Gasteiger partial charge in [-0.05, 0) is 37.5 Å². The predicted octanol–water partition coefficient (Wildman–Crippen LogP) is 2.41. The SMILES string of the molecule is Cc1cccc(N2CCCC(n3cc(-c4cnccn4)nn3)C2=O)c1. The molecule has 1 saturated heterocycles. The molecule has 7 nitrogen and oxygen atoms in total. The monoisotopic (exact) mass is 334 g/mol. The van der Waals surface area contributed by atoms with Gasteiger partial charge in [-0.25, -0.2) is 4.68 Å². The fourth-order valence-corrected chi connectivity index (χ4v) is 3.13. The molecule has 1 atom stereocenters. The number of benzene rings is 1. The van der Waals surface area contributed by atoms with Crippen LogP contribution in [-0.4, -0.2) is 37.4 Å². The average Bonchev–Trinajstić information content (AvgIpc) is 3.12. The van der Waals surface area contributed by atoms with Crippen molar-refractivity contribution in [3.05, 3.63) is 54.6 Å². The number of hydrogen-bond acceptors (Lipinski definition) is 5. The molecule has 1 aliphatic heterocycles. The minimum Gasteiger partial charge on any atom is -0.311 e. The van der Waals surface area contributed by atoms with Crippen LogP contribution in [0.1, 0.15) is 24.4 Å². The van der Waals surface area contributed by atoms with Crippen LogP contribution in [0.4, 0.5) is 5.69 Å². The molecule has 1 amide bonds. The van der Waals surface area contributed by atoms with Crippen LogP contribution in [0.2, 0.25) is 0 Å². The minimum absolute atomic E-state index is 0.0486. The van der Waals surface area contributed by atoms with Gasteiger partial charge in [0.25, 0.3) is 5.91 Å². The summed E-state index contributed by atoms with van der Waals surface area (Å²) in [5, 5.41) is 8.31. The van der Waals surface area contributed by atoms with Gasteiger partial charge in [0.1, 0.15) is 17.4 Å². The Hall–Kier alpha value is -3.09. The molecule has 4 rings (SSSR count). The van der Waals surface area contributed by atoms with Crippen molar-refractivity contribution in [2.75, 3.05) is 11.4 Å². The van der Waals surface area contributed by atoms with E-state index in [2.05, 4.69) is 20.3 Å². The van der Waals surface area contributed by atoms with Gasteiger partial charge in [-0.2, -0.15) is 0 Å². The number of amides is 1. The zero-order chi connectivity index (χ0) is 17.2. The maximum Gasteiger partial charge on any atom is 0.251 e. The number of carbonyl (C=O) groups excluding carboxylic acids is 1. The molecule has 3 heterocycles. The summed E-state index contributed by atoms with van der Waals surface area (Å²) >= 11 is 0. The summed E-state index contributed by atoms with van der Waals surface area (Å²) in [6.07, 6.45) is 8.30. The zero-order valence-electron chi connectivity index (χ0n) is 13.9. The van der Waals surface area contributed by atoms with Gasteiger partial charge in [0.15, 0.2) is 0 Å². The van der Waals surface area contributed by atoms with E-state index in [0.717, 1.165) is 30.6 Å². The summed E-state index contributed by atoms with van der Waals surface area (Å²) in [5.41, 5.74) is 3.34. The van der Waals surface area contributed by atoms with Crippen LogP contribution < -0.4 is 4.90 Å². The van der Waals surface area contributed by atoms with Crippen LogP contribution in [0.5, 0.6) is 0 Å². The molecule has 1 aliphatic rings. The van der Waals surface area contributed by atoms with Gasteiger partial charge in [-0.15, -0.1) is 5.10 Å². The molecule has 1 fully saturated rings. The summed E-state index contributed by atoms with van der Waals surface area (Å²) in [5.74, 6) is 0.0486. The van der Waals surface area contributed by atoms with Crippen LogP contribution in [0.3, 0.4) is 0 Å². The molecule has 0 radical (unpaired) electrons. The Labute approximate surface area is 145 Å². The molecule has 2 aromatic heterocycles. The first-order valence-electron chi connectivity index (χ1n) is 8.28. The fraction of sp³-hybridized carbons (Fsp3) is 0.278. The molecule has 0 saturated carbocycles. The second-order valence-corrected chi connectivity index (χ2v) is 6.16. The van der Waals surface area contributed by atoms with Crippen molar-refractivity contribution < 1.29 is 4.79 Å². The highest BCUT2D eigenvalue weighted by molar-refractivity contribution is 5.96. The van der Waals surface area contributed by atoms with E-state index in [1.54, 1.807) is 29.5 Å². The summed E-state index contributed by atoms with van der Waals surface area (Å²) in [6.45, 7) is 2.75. The van der Waals surface area contributed by atoms with E-state index in [1.807, 2.05) is 36.1 Å². The number of carbonyl (C=O) groups is 1. The zero-order valence-corrected chi connectivity index (χ0v) is 13.9. The number of hydrogen-bond donors (Lipinski definition) is 0. The molecule has 7 heteroatoms. The molecule has 0 N–H and O–H groups in total. The highest BCUT2D eigenvalue weighted by Crippen LogP contribution is 2.28. The van der Waals surface area contributed by atoms with Crippen LogP contribution in [0.25, 0.3) is 11.4 Å². The number of aryl methyl sites for hydroxylation is 1. The lowest BCUT2D eigenvalue weighted by Crippen LogP contribution is -2.42. The Balaban J connectivity index is 1.60. The van der Waals surface area contributed by atoms with E-state index >= 15 is 0 Å². The summed E-state index contributed by atoms with van der Waals surface area (Å²) in [7, 11) is 0. The van der Waals surface area contributed by atoms with Gasteiger partial charge >= 0.3 is 0 Å².